The third kappa shape index (κ3) is 3.46. The van der Waals surface area contributed by atoms with Crippen molar-refractivity contribution >= 4 is 23.2 Å². The molecule has 3 heterocycles. The highest BCUT2D eigenvalue weighted by atomic mass is 32.1. The van der Waals surface area contributed by atoms with Crippen molar-refractivity contribution in [3.63, 3.8) is 0 Å². The summed E-state index contributed by atoms with van der Waals surface area (Å²) in [6.07, 6.45) is 2.22. The zero-order valence-electron chi connectivity index (χ0n) is 14.5. The van der Waals surface area contributed by atoms with E-state index in [0.29, 0.717) is 32.5 Å². The normalized spacial score (nSPS) is 20.2. The molecule has 0 spiro atoms. The Labute approximate surface area is 157 Å². The Balaban J connectivity index is 1.34. The van der Waals surface area contributed by atoms with E-state index in [1.54, 1.807) is 0 Å². The van der Waals surface area contributed by atoms with Crippen LogP contribution in [0.5, 0.6) is 5.75 Å². The number of hydrogen-bond acceptors (Lipinski definition) is 4. The average molecular weight is 370 g/mol. The molecule has 0 saturated carbocycles. The average Bonchev–Trinajstić information content (AvgIpc) is 3.23. The lowest BCUT2D eigenvalue weighted by Crippen LogP contribution is -2.44. The highest BCUT2D eigenvalue weighted by Crippen LogP contribution is 2.32. The summed E-state index contributed by atoms with van der Waals surface area (Å²) in [5.41, 5.74) is 1.05. The number of para-hydroxylation sites is 1. The van der Waals surface area contributed by atoms with Crippen LogP contribution in [0.1, 0.15) is 40.5 Å². The summed E-state index contributed by atoms with van der Waals surface area (Å²) in [5.74, 6) is 1.00. The number of fused-ring (bicyclic) bond motifs is 1. The number of nitrogens with zero attached hydrogens (tertiary/aromatic N) is 1. The van der Waals surface area contributed by atoms with Crippen LogP contribution in [0.25, 0.3) is 0 Å². The predicted octanol–water partition coefficient (Wildman–Crippen LogP) is 3.24. The predicted molar refractivity (Wildman–Crippen MR) is 100 cm³/mol. The number of likely N-dealkylation sites (tertiary alicyclic amines) is 1. The van der Waals surface area contributed by atoms with Crippen molar-refractivity contribution in [3.05, 3.63) is 52.2 Å². The minimum Gasteiger partial charge on any atom is -0.493 e. The van der Waals surface area contributed by atoms with Crippen LogP contribution in [0.15, 0.2) is 41.8 Å². The van der Waals surface area contributed by atoms with Crippen LogP contribution in [0.3, 0.4) is 0 Å². The van der Waals surface area contributed by atoms with E-state index >= 15 is 0 Å². The number of rotatable bonds is 3. The first-order chi connectivity index (χ1) is 12.7. The molecule has 1 saturated heterocycles. The molecule has 136 valence electrons. The van der Waals surface area contributed by atoms with E-state index in [1.165, 1.54) is 11.3 Å². The molecule has 0 aliphatic carbocycles. The number of piperidine rings is 1. The van der Waals surface area contributed by atoms with Gasteiger partial charge in [0.25, 0.3) is 5.91 Å². The van der Waals surface area contributed by atoms with Gasteiger partial charge in [-0.25, -0.2) is 0 Å². The summed E-state index contributed by atoms with van der Waals surface area (Å²) >= 11 is 1.47. The van der Waals surface area contributed by atoms with Gasteiger partial charge in [0, 0.05) is 31.0 Å². The SMILES string of the molecule is O=C(NC1CCOc2ccccc21)C1CCN(C(=O)c2cccs2)CC1. The first kappa shape index (κ1) is 17.1. The number of carbonyl (C=O) groups is 2. The van der Waals surface area contributed by atoms with Crippen molar-refractivity contribution in [1.82, 2.24) is 10.2 Å². The Morgan fingerprint density at radius 2 is 1.88 bits per heavy atom. The zero-order chi connectivity index (χ0) is 17.9. The lowest BCUT2D eigenvalue weighted by Gasteiger charge is -2.33. The minimum absolute atomic E-state index is 0.0123. The molecular formula is C20H22N2O3S. The van der Waals surface area contributed by atoms with Crippen molar-refractivity contribution in [1.29, 1.82) is 0 Å². The van der Waals surface area contributed by atoms with Crippen LogP contribution in [0, 0.1) is 5.92 Å². The van der Waals surface area contributed by atoms with Crippen LogP contribution in [0.2, 0.25) is 0 Å². The second-order valence-corrected chi connectivity index (χ2v) is 7.73. The van der Waals surface area contributed by atoms with E-state index in [1.807, 2.05) is 46.7 Å². The number of ether oxygens (including phenoxy) is 1. The molecule has 1 N–H and O–H groups in total. The largest absolute Gasteiger partial charge is 0.493 e. The van der Waals surface area contributed by atoms with Crippen LogP contribution >= 0.6 is 11.3 Å². The number of amides is 2. The van der Waals surface area contributed by atoms with Gasteiger partial charge in [-0.3, -0.25) is 9.59 Å². The van der Waals surface area contributed by atoms with Crippen LogP contribution < -0.4 is 10.1 Å². The fraction of sp³-hybridized carbons (Fsp3) is 0.400. The van der Waals surface area contributed by atoms with Gasteiger partial charge in [-0.15, -0.1) is 11.3 Å². The molecule has 2 aromatic rings. The fourth-order valence-electron chi connectivity index (χ4n) is 3.68. The molecule has 6 heteroatoms. The van der Waals surface area contributed by atoms with E-state index in [2.05, 4.69) is 5.32 Å². The molecule has 1 unspecified atom stereocenters. The quantitative estimate of drug-likeness (QED) is 0.902. The Morgan fingerprint density at radius 3 is 2.65 bits per heavy atom. The second-order valence-electron chi connectivity index (χ2n) is 6.78. The Kier molecular flexibility index (Phi) is 4.93. The molecule has 26 heavy (non-hydrogen) atoms. The Bertz CT molecular complexity index is 782. The Hall–Kier alpha value is -2.34. The van der Waals surface area contributed by atoms with Gasteiger partial charge in [-0.2, -0.15) is 0 Å². The summed E-state index contributed by atoms with van der Waals surface area (Å²) in [4.78, 5) is 27.8. The standard InChI is InChI=1S/C20H22N2O3S/c23-19(21-16-9-12-25-17-5-2-1-4-15(16)17)14-7-10-22(11-8-14)20(24)18-6-3-13-26-18/h1-6,13-14,16H,7-12H2,(H,21,23). The number of benzene rings is 1. The van der Waals surface area contributed by atoms with Crippen LogP contribution in [0.4, 0.5) is 0 Å². The summed E-state index contributed by atoms with van der Waals surface area (Å²) < 4.78 is 5.66. The summed E-state index contributed by atoms with van der Waals surface area (Å²) in [6, 6.07) is 11.6. The molecule has 0 radical (unpaired) electrons. The lowest BCUT2D eigenvalue weighted by molar-refractivity contribution is -0.127. The molecule has 2 aliphatic heterocycles. The van der Waals surface area contributed by atoms with Gasteiger partial charge >= 0.3 is 0 Å². The fourth-order valence-corrected chi connectivity index (χ4v) is 4.37. The molecular weight excluding hydrogens is 348 g/mol. The van der Waals surface area contributed by atoms with E-state index in [0.717, 1.165) is 22.6 Å². The first-order valence-electron chi connectivity index (χ1n) is 9.07. The number of carbonyl (C=O) groups excluding carboxylic acids is 2. The minimum atomic E-state index is -0.0302. The molecule has 1 fully saturated rings. The monoisotopic (exact) mass is 370 g/mol. The van der Waals surface area contributed by atoms with Gasteiger partial charge in [0.2, 0.25) is 5.91 Å². The zero-order valence-corrected chi connectivity index (χ0v) is 15.3. The summed E-state index contributed by atoms with van der Waals surface area (Å²) in [5, 5.41) is 5.11. The van der Waals surface area contributed by atoms with Gasteiger partial charge in [-0.05, 0) is 30.4 Å². The van der Waals surface area contributed by atoms with Crippen molar-refractivity contribution in [2.75, 3.05) is 19.7 Å². The molecule has 2 aliphatic rings. The highest BCUT2D eigenvalue weighted by molar-refractivity contribution is 7.12. The second kappa shape index (κ2) is 7.50. The molecule has 5 nitrogen and oxygen atoms in total. The van der Waals surface area contributed by atoms with Gasteiger partial charge < -0.3 is 15.0 Å². The van der Waals surface area contributed by atoms with Crippen molar-refractivity contribution in [2.24, 2.45) is 5.92 Å². The lowest BCUT2D eigenvalue weighted by atomic mass is 9.94. The van der Waals surface area contributed by atoms with Gasteiger partial charge in [0.15, 0.2) is 0 Å². The maximum atomic E-state index is 12.7. The molecule has 1 aromatic heterocycles. The highest BCUT2D eigenvalue weighted by Gasteiger charge is 2.30. The van der Waals surface area contributed by atoms with Crippen LogP contribution in [-0.2, 0) is 4.79 Å². The first-order valence-corrected chi connectivity index (χ1v) is 9.95. The third-order valence-corrected chi connectivity index (χ3v) is 6.02. The molecule has 1 aromatic carbocycles. The summed E-state index contributed by atoms with van der Waals surface area (Å²) in [7, 11) is 0. The van der Waals surface area contributed by atoms with Gasteiger partial charge in [0.05, 0.1) is 17.5 Å². The van der Waals surface area contributed by atoms with Crippen molar-refractivity contribution < 1.29 is 14.3 Å². The third-order valence-electron chi connectivity index (χ3n) is 5.16. The van der Waals surface area contributed by atoms with Gasteiger partial charge in [0.1, 0.15) is 5.75 Å². The smallest absolute Gasteiger partial charge is 0.263 e. The molecule has 2 amide bonds. The van der Waals surface area contributed by atoms with Crippen molar-refractivity contribution in [3.8, 4) is 5.75 Å². The maximum absolute atomic E-state index is 12.7. The van der Waals surface area contributed by atoms with E-state index < -0.39 is 0 Å². The van der Waals surface area contributed by atoms with E-state index in [9.17, 15) is 9.59 Å². The van der Waals surface area contributed by atoms with Gasteiger partial charge in [-0.1, -0.05) is 24.3 Å². The topological polar surface area (TPSA) is 58.6 Å². The number of nitrogens with one attached hydrogen (secondary N) is 1. The van der Waals surface area contributed by atoms with Crippen molar-refractivity contribution in [2.45, 2.75) is 25.3 Å². The molecule has 0 bridgehead atoms. The molecule has 1 atom stereocenters. The molecule has 4 rings (SSSR count). The van der Waals surface area contributed by atoms with E-state index in [4.69, 9.17) is 4.74 Å². The van der Waals surface area contributed by atoms with E-state index in [-0.39, 0.29) is 23.8 Å². The Morgan fingerprint density at radius 1 is 1.08 bits per heavy atom. The number of thiophene rings is 1. The number of hydrogen-bond donors (Lipinski definition) is 1. The van der Waals surface area contributed by atoms with Crippen LogP contribution in [-0.4, -0.2) is 36.4 Å². The summed E-state index contributed by atoms with van der Waals surface area (Å²) in [6.45, 7) is 1.90. The maximum Gasteiger partial charge on any atom is 0.263 e.